The Labute approximate surface area is 102 Å². The molecule has 0 aliphatic rings. The van der Waals surface area contributed by atoms with E-state index in [9.17, 15) is 4.79 Å². The van der Waals surface area contributed by atoms with Crippen LogP contribution in [0.15, 0.2) is 42.7 Å². The van der Waals surface area contributed by atoms with Crippen LogP contribution in [0.4, 0.5) is 0 Å². The molecule has 0 spiro atoms. The van der Waals surface area contributed by atoms with Crippen molar-refractivity contribution in [3.8, 4) is 5.69 Å². The summed E-state index contributed by atoms with van der Waals surface area (Å²) in [5.41, 5.74) is 2.33. The van der Waals surface area contributed by atoms with Gasteiger partial charge in [-0.1, -0.05) is 5.21 Å². The van der Waals surface area contributed by atoms with E-state index in [1.54, 1.807) is 35.3 Å². The van der Waals surface area contributed by atoms with Gasteiger partial charge in [0.05, 0.1) is 16.8 Å². The number of aromatic carboxylic acids is 1. The molecule has 2 aromatic heterocycles. The highest BCUT2D eigenvalue weighted by Crippen LogP contribution is 2.17. The van der Waals surface area contributed by atoms with E-state index < -0.39 is 5.97 Å². The van der Waals surface area contributed by atoms with Crippen LogP contribution in [0.25, 0.3) is 16.7 Å². The number of carboxylic acid groups (broad SMARTS) is 1. The fourth-order valence-electron chi connectivity index (χ4n) is 1.73. The number of pyridine rings is 1. The summed E-state index contributed by atoms with van der Waals surface area (Å²) in [6.07, 6.45) is 3.32. The molecular formula is C12H8N4O2. The summed E-state index contributed by atoms with van der Waals surface area (Å²) in [7, 11) is 0. The zero-order valence-corrected chi connectivity index (χ0v) is 9.19. The fourth-order valence-corrected chi connectivity index (χ4v) is 1.73. The molecule has 18 heavy (non-hydrogen) atoms. The molecule has 6 nitrogen and oxygen atoms in total. The number of carboxylic acids is 1. The lowest BCUT2D eigenvalue weighted by Crippen LogP contribution is -1.97. The number of benzene rings is 1. The molecule has 6 heteroatoms. The number of fused-ring (bicyclic) bond motifs is 1. The summed E-state index contributed by atoms with van der Waals surface area (Å²) in [5.74, 6) is -0.977. The molecule has 0 atom stereocenters. The van der Waals surface area contributed by atoms with Crippen LogP contribution < -0.4 is 0 Å². The van der Waals surface area contributed by atoms with Gasteiger partial charge in [-0.3, -0.25) is 4.98 Å². The molecule has 3 aromatic rings. The highest BCUT2D eigenvalue weighted by Gasteiger charge is 2.09. The van der Waals surface area contributed by atoms with E-state index in [4.69, 9.17) is 5.11 Å². The normalized spacial score (nSPS) is 10.7. The molecule has 0 amide bonds. The third-order valence-corrected chi connectivity index (χ3v) is 2.60. The fraction of sp³-hybridized carbons (Fsp3) is 0. The number of carbonyl (C=O) groups is 1. The Hall–Kier alpha value is -2.76. The lowest BCUT2D eigenvalue weighted by molar-refractivity contribution is 0.0697. The average Bonchev–Trinajstić information content (AvgIpc) is 2.82. The first-order valence-electron chi connectivity index (χ1n) is 5.25. The molecule has 0 saturated heterocycles. The van der Waals surface area contributed by atoms with Gasteiger partial charge in [0.1, 0.15) is 5.52 Å². The minimum Gasteiger partial charge on any atom is -0.478 e. The van der Waals surface area contributed by atoms with Gasteiger partial charge in [0.2, 0.25) is 0 Å². The molecular weight excluding hydrogens is 232 g/mol. The number of hydrogen-bond acceptors (Lipinski definition) is 4. The smallest absolute Gasteiger partial charge is 0.335 e. The second kappa shape index (κ2) is 3.92. The van der Waals surface area contributed by atoms with Gasteiger partial charge in [0, 0.05) is 12.4 Å². The molecule has 0 bridgehead atoms. The van der Waals surface area contributed by atoms with Crippen LogP contribution in [0.2, 0.25) is 0 Å². The Bertz CT molecular complexity index is 721. The van der Waals surface area contributed by atoms with Gasteiger partial charge < -0.3 is 5.11 Å². The maximum atomic E-state index is 10.9. The van der Waals surface area contributed by atoms with Crippen LogP contribution in [0, 0.1) is 0 Å². The second-order valence-electron chi connectivity index (χ2n) is 3.72. The Balaban J connectivity index is 2.19. The summed E-state index contributed by atoms with van der Waals surface area (Å²) in [5, 5.41) is 16.9. The molecule has 0 unspecified atom stereocenters. The van der Waals surface area contributed by atoms with Crippen LogP contribution in [0.3, 0.4) is 0 Å². The second-order valence-corrected chi connectivity index (χ2v) is 3.72. The van der Waals surface area contributed by atoms with E-state index in [2.05, 4.69) is 15.3 Å². The van der Waals surface area contributed by atoms with E-state index in [0.29, 0.717) is 5.52 Å². The monoisotopic (exact) mass is 240 g/mol. The highest BCUT2D eigenvalue weighted by molar-refractivity contribution is 5.92. The Morgan fingerprint density at radius 1 is 1.17 bits per heavy atom. The first-order valence-corrected chi connectivity index (χ1v) is 5.25. The van der Waals surface area contributed by atoms with Gasteiger partial charge in [-0.05, 0) is 30.3 Å². The highest BCUT2D eigenvalue weighted by atomic mass is 16.4. The molecule has 0 fully saturated rings. The third kappa shape index (κ3) is 1.60. The van der Waals surface area contributed by atoms with E-state index in [0.717, 1.165) is 11.2 Å². The van der Waals surface area contributed by atoms with Crippen LogP contribution in [0.5, 0.6) is 0 Å². The third-order valence-electron chi connectivity index (χ3n) is 2.60. The van der Waals surface area contributed by atoms with Gasteiger partial charge in [0.15, 0.2) is 0 Å². The van der Waals surface area contributed by atoms with E-state index in [-0.39, 0.29) is 5.56 Å². The van der Waals surface area contributed by atoms with Crippen molar-refractivity contribution in [1.82, 2.24) is 20.0 Å². The van der Waals surface area contributed by atoms with Crippen molar-refractivity contribution in [2.75, 3.05) is 0 Å². The number of hydrogen-bond donors (Lipinski definition) is 1. The van der Waals surface area contributed by atoms with Gasteiger partial charge in [0.25, 0.3) is 0 Å². The zero-order chi connectivity index (χ0) is 12.5. The Morgan fingerprint density at radius 3 is 2.67 bits per heavy atom. The van der Waals surface area contributed by atoms with Crippen LogP contribution >= 0.6 is 0 Å². The Kier molecular flexibility index (Phi) is 2.26. The Morgan fingerprint density at radius 2 is 1.94 bits per heavy atom. The van der Waals surface area contributed by atoms with Crippen molar-refractivity contribution in [3.63, 3.8) is 0 Å². The minimum absolute atomic E-state index is 0.198. The van der Waals surface area contributed by atoms with Crippen molar-refractivity contribution in [1.29, 1.82) is 0 Å². The summed E-state index contributed by atoms with van der Waals surface area (Å²) >= 11 is 0. The van der Waals surface area contributed by atoms with Crippen molar-refractivity contribution in [3.05, 3.63) is 48.3 Å². The molecule has 0 saturated carbocycles. The van der Waals surface area contributed by atoms with E-state index >= 15 is 0 Å². The topological polar surface area (TPSA) is 80.9 Å². The van der Waals surface area contributed by atoms with Gasteiger partial charge in [-0.2, -0.15) is 0 Å². The zero-order valence-electron chi connectivity index (χ0n) is 9.19. The number of aromatic nitrogens is 4. The summed E-state index contributed by atoms with van der Waals surface area (Å²) < 4.78 is 1.64. The summed E-state index contributed by atoms with van der Waals surface area (Å²) in [6, 6.07) is 8.34. The largest absolute Gasteiger partial charge is 0.478 e. The van der Waals surface area contributed by atoms with Crippen LogP contribution in [-0.2, 0) is 0 Å². The first kappa shape index (κ1) is 10.4. The maximum absolute atomic E-state index is 10.9. The SMILES string of the molecule is O=C(O)c1ccc2c(c1)nnn2-c1ccncc1. The van der Waals surface area contributed by atoms with Gasteiger partial charge in [-0.15, -0.1) is 5.10 Å². The lowest BCUT2D eigenvalue weighted by atomic mass is 10.2. The molecule has 0 aliphatic carbocycles. The maximum Gasteiger partial charge on any atom is 0.335 e. The van der Waals surface area contributed by atoms with Gasteiger partial charge >= 0.3 is 5.97 Å². The molecule has 1 N–H and O–H groups in total. The van der Waals surface area contributed by atoms with Crippen molar-refractivity contribution in [2.45, 2.75) is 0 Å². The van der Waals surface area contributed by atoms with E-state index in [1.807, 2.05) is 0 Å². The molecule has 88 valence electrons. The summed E-state index contributed by atoms with van der Waals surface area (Å²) in [4.78, 5) is 14.8. The average molecular weight is 240 g/mol. The lowest BCUT2D eigenvalue weighted by Gasteiger charge is -2.00. The minimum atomic E-state index is -0.977. The predicted octanol–water partition coefficient (Wildman–Crippen LogP) is 1.51. The van der Waals surface area contributed by atoms with Crippen molar-refractivity contribution in [2.24, 2.45) is 0 Å². The quantitative estimate of drug-likeness (QED) is 0.734. The van der Waals surface area contributed by atoms with Crippen LogP contribution in [-0.4, -0.2) is 31.1 Å². The van der Waals surface area contributed by atoms with Crippen molar-refractivity contribution >= 4 is 17.0 Å². The first-order chi connectivity index (χ1) is 8.75. The number of nitrogens with zero attached hydrogens (tertiary/aromatic N) is 4. The molecule has 0 aliphatic heterocycles. The predicted molar refractivity (Wildman–Crippen MR) is 63.6 cm³/mol. The number of rotatable bonds is 2. The van der Waals surface area contributed by atoms with E-state index in [1.165, 1.54) is 12.1 Å². The van der Waals surface area contributed by atoms with Gasteiger partial charge in [-0.25, -0.2) is 9.48 Å². The molecule has 0 radical (unpaired) electrons. The van der Waals surface area contributed by atoms with Crippen molar-refractivity contribution < 1.29 is 9.90 Å². The van der Waals surface area contributed by atoms with Crippen LogP contribution in [0.1, 0.15) is 10.4 Å². The standard InChI is InChI=1S/C12H8N4O2/c17-12(18)8-1-2-11-10(7-8)14-15-16(11)9-3-5-13-6-4-9/h1-7H,(H,17,18). The molecule has 2 heterocycles. The molecule has 1 aromatic carbocycles. The summed E-state index contributed by atoms with van der Waals surface area (Å²) in [6.45, 7) is 0. The molecule has 3 rings (SSSR count).